The molecule has 0 aliphatic carbocycles. The zero-order valence-corrected chi connectivity index (χ0v) is 10.9. The van der Waals surface area contributed by atoms with Crippen molar-refractivity contribution in [2.75, 3.05) is 6.61 Å². The third kappa shape index (κ3) is 1.92. The molecule has 3 aromatic heterocycles. The first-order valence-corrected chi connectivity index (χ1v) is 6.55. The maximum atomic E-state index is 5.36. The molecule has 0 unspecified atom stereocenters. The number of rotatable bonds is 3. The van der Waals surface area contributed by atoms with Gasteiger partial charge in [-0.2, -0.15) is 5.10 Å². The van der Waals surface area contributed by atoms with Gasteiger partial charge in [-0.05, 0) is 12.1 Å². The van der Waals surface area contributed by atoms with E-state index in [1.807, 2.05) is 46.2 Å². The largest absolute Gasteiger partial charge is 0.372 e. The van der Waals surface area contributed by atoms with E-state index in [2.05, 4.69) is 19.9 Å². The molecule has 0 N–H and O–H groups in total. The Morgan fingerprint density at radius 1 is 1.20 bits per heavy atom. The van der Waals surface area contributed by atoms with Crippen molar-refractivity contribution in [2.24, 2.45) is 0 Å². The van der Waals surface area contributed by atoms with Gasteiger partial charge in [0.05, 0.1) is 18.5 Å². The van der Waals surface area contributed by atoms with Crippen molar-refractivity contribution >= 4 is 0 Å². The summed E-state index contributed by atoms with van der Waals surface area (Å²) in [5.74, 6) is 1.81. The van der Waals surface area contributed by atoms with Gasteiger partial charge in [-0.15, -0.1) is 10.2 Å². The lowest BCUT2D eigenvalue weighted by atomic mass is 10.4. The molecule has 4 rings (SSSR count). The van der Waals surface area contributed by atoms with E-state index in [9.17, 15) is 0 Å². The second-order valence-electron chi connectivity index (χ2n) is 4.72. The highest BCUT2D eigenvalue weighted by atomic mass is 16.5. The van der Waals surface area contributed by atoms with Gasteiger partial charge in [0.2, 0.25) is 0 Å². The zero-order chi connectivity index (χ0) is 13.4. The van der Waals surface area contributed by atoms with Crippen LogP contribution in [-0.4, -0.2) is 35.7 Å². The SMILES string of the molecule is c1ccn(-c2cnn(Cc3nnc4n3CCOC4)c2)c1. The van der Waals surface area contributed by atoms with Crippen molar-refractivity contribution in [3.8, 4) is 5.69 Å². The lowest BCUT2D eigenvalue weighted by Gasteiger charge is -2.15. The monoisotopic (exact) mass is 270 g/mol. The molecule has 20 heavy (non-hydrogen) atoms. The maximum absolute atomic E-state index is 5.36. The zero-order valence-electron chi connectivity index (χ0n) is 10.9. The van der Waals surface area contributed by atoms with Crippen LogP contribution in [0.5, 0.6) is 0 Å². The predicted octanol–water partition coefficient (Wildman–Crippen LogP) is 0.844. The fourth-order valence-corrected chi connectivity index (χ4v) is 2.40. The molecule has 1 aliphatic heterocycles. The molecule has 7 nitrogen and oxygen atoms in total. The first-order chi connectivity index (χ1) is 9.90. The third-order valence-electron chi connectivity index (χ3n) is 3.42. The number of ether oxygens (including phenoxy) is 1. The summed E-state index contributed by atoms with van der Waals surface area (Å²) in [6.07, 6.45) is 7.84. The Morgan fingerprint density at radius 2 is 2.10 bits per heavy atom. The molecule has 1 aliphatic rings. The highest BCUT2D eigenvalue weighted by molar-refractivity contribution is 5.26. The molecule has 0 amide bonds. The Balaban J connectivity index is 1.59. The topological polar surface area (TPSA) is 62.7 Å². The molecule has 102 valence electrons. The molecule has 0 radical (unpaired) electrons. The van der Waals surface area contributed by atoms with Gasteiger partial charge >= 0.3 is 0 Å². The van der Waals surface area contributed by atoms with Gasteiger partial charge in [-0.25, -0.2) is 0 Å². The molecule has 0 bridgehead atoms. The van der Waals surface area contributed by atoms with E-state index in [0.717, 1.165) is 23.9 Å². The average molecular weight is 270 g/mol. The van der Waals surface area contributed by atoms with Gasteiger partial charge in [-0.3, -0.25) is 4.68 Å². The highest BCUT2D eigenvalue weighted by Gasteiger charge is 2.16. The lowest BCUT2D eigenvalue weighted by molar-refractivity contribution is 0.0805. The predicted molar refractivity (Wildman–Crippen MR) is 70.3 cm³/mol. The van der Waals surface area contributed by atoms with E-state index in [4.69, 9.17) is 4.74 Å². The Morgan fingerprint density at radius 3 is 3.00 bits per heavy atom. The summed E-state index contributed by atoms with van der Waals surface area (Å²) < 4.78 is 11.4. The van der Waals surface area contributed by atoms with Crippen LogP contribution in [0, 0.1) is 0 Å². The Kier molecular flexibility index (Phi) is 2.63. The normalized spacial score (nSPS) is 14.4. The maximum Gasteiger partial charge on any atom is 0.159 e. The number of nitrogens with zero attached hydrogens (tertiary/aromatic N) is 6. The average Bonchev–Trinajstić information content (AvgIpc) is 3.19. The van der Waals surface area contributed by atoms with Gasteiger partial charge in [0, 0.05) is 25.1 Å². The van der Waals surface area contributed by atoms with Crippen LogP contribution in [0.3, 0.4) is 0 Å². The molecule has 7 heteroatoms. The van der Waals surface area contributed by atoms with Crippen LogP contribution in [0.1, 0.15) is 11.6 Å². The van der Waals surface area contributed by atoms with E-state index in [-0.39, 0.29) is 0 Å². The second-order valence-corrected chi connectivity index (χ2v) is 4.72. The third-order valence-corrected chi connectivity index (χ3v) is 3.42. The summed E-state index contributed by atoms with van der Waals surface area (Å²) in [6.45, 7) is 2.68. The van der Waals surface area contributed by atoms with Crippen LogP contribution >= 0.6 is 0 Å². The van der Waals surface area contributed by atoms with Crippen molar-refractivity contribution in [1.29, 1.82) is 0 Å². The van der Waals surface area contributed by atoms with Crippen LogP contribution in [-0.2, 0) is 24.4 Å². The molecule has 0 fully saturated rings. The van der Waals surface area contributed by atoms with Crippen molar-refractivity contribution in [2.45, 2.75) is 19.7 Å². The van der Waals surface area contributed by atoms with Crippen LogP contribution in [0.2, 0.25) is 0 Å². The number of aromatic nitrogens is 6. The van der Waals surface area contributed by atoms with Crippen LogP contribution < -0.4 is 0 Å². The van der Waals surface area contributed by atoms with E-state index in [0.29, 0.717) is 19.8 Å². The fourth-order valence-electron chi connectivity index (χ4n) is 2.40. The first-order valence-electron chi connectivity index (χ1n) is 6.55. The molecule has 4 heterocycles. The van der Waals surface area contributed by atoms with E-state index in [1.54, 1.807) is 0 Å². The van der Waals surface area contributed by atoms with Crippen molar-refractivity contribution in [1.82, 2.24) is 29.1 Å². The quantitative estimate of drug-likeness (QED) is 0.707. The molecule has 3 aromatic rings. The van der Waals surface area contributed by atoms with E-state index >= 15 is 0 Å². The minimum absolute atomic E-state index is 0.542. The van der Waals surface area contributed by atoms with Gasteiger partial charge in [-0.1, -0.05) is 0 Å². The van der Waals surface area contributed by atoms with Gasteiger partial charge in [0.15, 0.2) is 11.6 Å². The molecule has 0 spiro atoms. The summed E-state index contributed by atoms with van der Waals surface area (Å²) in [6, 6.07) is 3.98. The molecule has 0 atom stereocenters. The standard InChI is InChI=1S/C13H14N6O/c1-2-4-17(3-1)11-7-14-18(8-11)9-12-15-16-13-10-20-6-5-19(12)13/h1-4,7-8H,5-6,9-10H2. The van der Waals surface area contributed by atoms with Gasteiger partial charge < -0.3 is 13.9 Å². The summed E-state index contributed by atoms with van der Waals surface area (Å²) in [5, 5.41) is 12.8. The second kappa shape index (κ2) is 4.61. The van der Waals surface area contributed by atoms with Crippen molar-refractivity contribution < 1.29 is 4.74 Å². The van der Waals surface area contributed by atoms with Crippen molar-refractivity contribution in [3.63, 3.8) is 0 Å². The summed E-state index contributed by atoms with van der Waals surface area (Å²) >= 11 is 0. The molecule has 0 saturated carbocycles. The Bertz CT molecular complexity index is 711. The smallest absolute Gasteiger partial charge is 0.159 e. The van der Waals surface area contributed by atoms with Crippen LogP contribution in [0.4, 0.5) is 0 Å². The van der Waals surface area contributed by atoms with E-state index < -0.39 is 0 Å². The lowest BCUT2D eigenvalue weighted by Crippen LogP contribution is -2.19. The van der Waals surface area contributed by atoms with Crippen molar-refractivity contribution in [3.05, 3.63) is 48.6 Å². The van der Waals surface area contributed by atoms with E-state index in [1.165, 1.54) is 0 Å². The van der Waals surface area contributed by atoms with Gasteiger partial charge in [0.25, 0.3) is 0 Å². The Labute approximate surface area is 115 Å². The fraction of sp³-hybridized carbons (Fsp3) is 0.308. The molecule has 0 saturated heterocycles. The minimum atomic E-state index is 0.542. The summed E-state index contributed by atoms with van der Waals surface area (Å²) in [4.78, 5) is 0. The molecular formula is C13H14N6O. The molecular weight excluding hydrogens is 256 g/mol. The summed E-state index contributed by atoms with van der Waals surface area (Å²) in [5.41, 5.74) is 1.04. The number of hydrogen-bond acceptors (Lipinski definition) is 4. The van der Waals surface area contributed by atoms with Crippen LogP contribution in [0.25, 0.3) is 5.69 Å². The number of hydrogen-bond donors (Lipinski definition) is 0. The Hall–Kier alpha value is -2.41. The summed E-state index contributed by atoms with van der Waals surface area (Å²) in [7, 11) is 0. The number of fused-ring (bicyclic) bond motifs is 1. The van der Waals surface area contributed by atoms with Crippen LogP contribution in [0.15, 0.2) is 36.9 Å². The first kappa shape index (κ1) is 11.4. The molecule has 0 aromatic carbocycles. The highest BCUT2D eigenvalue weighted by Crippen LogP contribution is 2.12. The van der Waals surface area contributed by atoms with Gasteiger partial charge in [0.1, 0.15) is 13.2 Å². The minimum Gasteiger partial charge on any atom is -0.372 e.